The molecule has 2 fully saturated rings. The monoisotopic (exact) mass is 285 g/mol. The van der Waals surface area contributed by atoms with Crippen LogP contribution in [-0.4, -0.2) is 49.8 Å². The minimum atomic E-state index is -0.143. The van der Waals surface area contributed by atoms with E-state index >= 15 is 0 Å². The molecule has 2 aliphatic heterocycles. The van der Waals surface area contributed by atoms with Gasteiger partial charge < -0.3 is 15.4 Å². The molecule has 5 heteroatoms. The van der Waals surface area contributed by atoms with Gasteiger partial charge in [-0.1, -0.05) is 24.0 Å². The average molecular weight is 285 g/mol. The number of nitrogens with one attached hydrogen (secondary N) is 2. The van der Waals surface area contributed by atoms with Crippen LogP contribution in [0.2, 0.25) is 0 Å². The van der Waals surface area contributed by atoms with Crippen molar-refractivity contribution in [3.63, 3.8) is 0 Å². The lowest BCUT2D eigenvalue weighted by Gasteiger charge is -2.26. The van der Waals surface area contributed by atoms with Gasteiger partial charge in [0.2, 0.25) is 0 Å². The second-order valence-corrected chi connectivity index (χ2v) is 5.26. The average Bonchev–Trinajstić information content (AvgIpc) is 2.93. The lowest BCUT2D eigenvalue weighted by Crippen LogP contribution is -2.35. The van der Waals surface area contributed by atoms with Gasteiger partial charge in [0.1, 0.15) is 6.04 Å². The highest BCUT2D eigenvalue weighted by molar-refractivity contribution is 5.77. The number of hydrogen-bond donors (Lipinski definition) is 2. The van der Waals surface area contributed by atoms with Gasteiger partial charge in [0.05, 0.1) is 19.8 Å². The van der Waals surface area contributed by atoms with E-state index in [1.54, 1.807) is 0 Å². The van der Waals surface area contributed by atoms with E-state index in [2.05, 4.69) is 39.5 Å². The van der Waals surface area contributed by atoms with Crippen molar-refractivity contribution in [3.05, 3.63) is 35.4 Å². The Labute approximate surface area is 124 Å². The van der Waals surface area contributed by atoms with Crippen LogP contribution in [0.25, 0.3) is 0 Å². The van der Waals surface area contributed by atoms with Crippen molar-refractivity contribution in [2.45, 2.75) is 12.6 Å². The van der Waals surface area contributed by atoms with Gasteiger partial charge in [-0.25, -0.2) is 4.79 Å². The van der Waals surface area contributed by atoms with E-state index in [1.807, 2.05) is 12.1 Å². The zero-order chi connectivity index (χ0) is 14.5. The first-order valence-corrected chi connectivity index (χ1v) is 7.24. The van der Waals surface area contributed by atoms with Gasteiger partial charge in [-0.2, -0.15) is 0 Å². The molecule has 2 aliphatic rings. The molecule has 2 N–H and O–H groups in total. The van der Waals surface area contributed by atoms with Crippen molar-refractivity contribution in [1.82, 2.24) is 15.5 Å². The quantitative estimate of drug-likeness (QED) is 0.780. The Balaban J connectivity index is 1.56. The first-order chi connectivity index (χ1) is 10.3. The van der Waals surface area contributed by atoms with Gasteiger partial charge in [0, 0.05) is 25.2 Å². The van der Waals surface area contributed by atoms with E-state index in [0.29, 0.717) is 6.54 Å². The summed E-state index contributed by atoms with van der Waals surface area (Å²) in [5, 5.41) is 5.44. The second-order valence-electron chi connectivity index (χ2n) is 5.26. The number of nitrogens with zero attached hydrogens (tertiary/aromatic N) is 1. The number of hydrogen-bond acceptors (Lipinski definition) is 3. The molecule has 0 radical (unpaired) electrons. The smallest absolute Gasteiger partial charge is 0.315 e. The van der Waals surface area contributed by atoms with Gasteiger partial charge in [-0.15, -0.1) is 0 Å². The molecule has 0 saturated carbocycles. The first-order valence-electron chi connectivity index (χ1n) is 7.24. The lowest BCUT2D eigenvalue weighted by atomic mass is 10.1. The van der Waals surface area contributed by atoms with Gasteiger partial charge in [0.15, 0.2) is 0 Å². The fraction of sp³-hybridized carbons (Fsp3) is 0.438. The van der Waals surface area contributed by atoms with Crippen molar-refractivity contribution in [3.8, 4) is 11.8 Å². The summed E-state index contributed by atoms with van der Waals surface area (Å²) in [6, 6.07) is 8.07. The molecule has 0 aromatic heterocycles. The summed E-state index contributed by atoms with van der Waals surface area (Å²) in [4.78, 5) is 13.4. The standard InChI is InChI=1S/C16H19N3O2/c20-16-17-11-15(18-16)6-5-13-1-3-14(4-2-13)12-19-7-9-21-10-8-19/h1-4,15H,7-12H2,(H2,17,18,20). The minimum Gasteiger partial charge on any atom is -0.379 e. The molecule has 1 unspecified atom stereocenters. The summed E-state index contributed by atoms with van der Waals surface area (Å²) in [6.07, 6.45) is 0. The third-order valence-corrected chi connectivity index (χ3v) is 3.63. The van der Waals surface area contributed by atoms with Gasteiger partial charge in [-0.3, -0.25) is 4.90 Å². The molecule has 1 aromatic rings. The maximum atomic E-state index is 11.0. The van der Waals surface area contributed by atoms with Gasteiger partial charge in [0.25, 0.3) is 0 Å². The summed E-state index contributed by atoms with van der Waals surface area (Å²) in [6.45, 7) is 5.17. The number of carbonyl (C=O) groups is 1. The molecular formula is C16H19N3O2. The Bertz CT molecular complexity index is 553. The molecule has 0 bridgehead atoms. The number of benzene rings is 1. The van der Waals surface area contributed by atoms with Crippen LogP contribution in [0.3, 0.4) is 0 Å². The first kappa shape index (κ1) is 13.9. The maximum Gasteiger partial charge on any atom is 0.315 e. The summed E-state index contributed by atoms with van der Waals surface area (Å²) in [7, 11) is 0. The van der Waals surface area contributed by atoms with Crippen LogP contribution in [0.4, 0.5) is 4.79 Å². The van der Waals surface area contributed by atoms with Crippen molar-refractivity contribution in [1.29, 1.82) is 0 Å². The van der Waals surface area contributed by atoms with Crippen LogP contribution >= 0.6 is 0 Å². The number of morpholine rings is 1. The highest BCUT2D eigenvalue weighted by Gasteiger charge is 2.16. The SMILES string of the molecule is O=C1NCC(C#Cc2ccc(CN3CCOCC3)cc2)N1. The van der Waals surface area contributed by atoms with E-state index in [9.17, 15) is 4.79 Å². The molecule has 110 valence electrons. The van der Waals surface area contributed by atoms with E-state index < -0.39 is 0 Å². The molecule has 2 amide bonds. The fourth-order valence-electron chi connectivity index (χ4n) is 2.42. The fourth-order valence-corrected chi connectivity index (χ4v) is 2.42. The number of rotatable bonds is 2. The molecule has 1 aromatic carbocycles. The minimum absolute atomic E-state index is 0.0921. The van der Waals surface area contributed by atoms with Crippen LogP contribution < -0.4 is 10.6 Å². The molecule has 2 saturated heterocycles. The van der Waals surface area contributed by atoms with E-state index in [1.165, 1.54) is 5.56 Å². The third-order valence-electron chi connectivity index (χ3n) is 3.63. The zero-order valence-electron chi connectivity index (χ0n) is 11.9. The Morgan fingerprint density at radius 3 is 2.67 bits per heavy atom. The Morgan fingerprint density at radius 2 is 2.00 bits per heavy atom. The summed E-state index contributed by atoms with van der Waals surface area (Å²) in [5.41, 5.74) is 2.26. The predicted molar refractivity (Wildman–Crippen MR) is 79.7 cm³/mol. The molecule has 0 aliphatic carbocycles. The molecule has 2 heterocycles. The Morgan fingerprint density at radius 1 is 1.24 bits per heavy atom. The second kappa shape index (κ2) is 6.61. The van der Waals surface area contributed by atoms with E-state index in [0.717, 1.165) is 38.4 Å². The van der Waals surface area contributed by atoms with Crippen molar-refractivity contribution in [2.24, 2.45) is 0 Å². The number of ether oxygens (including phenoxy) is 1. The van der Waals surface area contributed by atoms with E-state index in [4.69, 9.17) is 4.74 Å². The molecule has 21 heavy (non-hydrogen) atoms. The largest absolute Gasteiger partial charge is 0.379 e. The maximum absolute atomic E-state index is 11.0. The molecular weight excluding hydrogens is 266 g/mol. The highest BCUT2D eigenvalue weighted by Crippen LogP contribution is 2.08. The van der Waals surface area contributed by atoms with Gasteiger partial charge in [-0.05, 0) is 17.7 Å². The van der Waals surface area contributed by atoms with Crippen LogP contribution in [0.15, 0.2) is 24.3 Å². The number of urea groups is 1. The van der Waals surface area contributed by atoms with Crippen molar-refractivity contribution in [2.75, 3.05) is 32.8 Å². The molecule has 5 nitrogen and oxygen atoms in total. The number of amides is 2. The normalized spacial score (nSPS) is 22.1. The number of carbonyl (C=O) groups excluding carboxylic acids is 1. The Hall–Kier alpha value is -2.03. The van der Waals surface area contributed by atoms with Crippen LogP contribution in [0, 0.1) is 11.8 Å². The van der Waals surface area contributed by atoms with Crippen molar-refractivity contribution < 1.29 is 9.53 Å². The summed E-state index contributed by atoms with van der Waals surface area (Å²) >= 11 is 0. The summed E-state index contributed by atoms with van der Waals surface area (Å²) in [5.74, 6) is 6.16. The molecule has 3 rings (SSSR count). The topological polar surface area (TPSA) is 53.6 Å². The zero-order valence-corrected chi connectivity index (χ0v) is 11.9. The highest BCUT2D eigenvalue weighted by atomic mass is 16.5. The Kier molecular flexibility index (Phi) is 4.39. The summed E-state index contributed by atoms with van der Waals surface area (Å²) < 4.78 is 5.35. The van der Waals surface area contributed by atoms with Crippen LogP contribution in [0.5, 0.6) is 0 Å². The van der Waals surface area contributed by atoms with Crippen LogP contribution in [-0.2, 0) is 11.3 Å². The van der Waals surface area contributed by atoms with Gasteiger partial charge >= 0.3 is 6.03 Å². The van der Waals surface area contributed by atoms with Crippen molar-refractivity contribution >= 4 is 6.03 Å². The van der Waals surface area contributed by atoms with E-state index in [-0.39, 0.29) is 12.1 Å². The third kappa shape index (κ3) is 3.97. The molecule has 1 atom stereocenters. The molecule has 0 spiro atoms. The van der Waals surface area contributed by atoms with Crippen LogP contribution in [0.1, 0.15) is 11.1 Å². The lowest BCUT2D eigenvalue weighted by molar-refractivity contribution is 0.0342. The predicted octanol–water partition coefficient (Wildman–Crippen LogP) is 0.552.